The summed E-state index contributed by atoms with van der Waals surface area (Å²) in [6.07, 6.45) is 4.25. The van der Waals surface area contributed by atoms with Crippen LogP contribution in [0.25, 0.3) is 0 Å². The number of halogens is 1. The summed E-state index contributed by atoms with van der Waals surface area (Å²) in [7, 11) is -3.43. The van der Waals surface area contributed by atoms with E-state index in [0.29, 0.717) is 18.1 Å². The normalized spacial score (nSPS) is 18.7. The van der Waals surface area contributed by atoms with Gasteiger partial charge in [0.15, 0.2) is 0 Å². The Kier molecular flexibility index (Phi) is 6.19. The summed E-state index contributed by atoms with van der Waals surface area (Å²) in [6, 6.07) is 15.4. The van der Waals surface area contributed by atoms with Crippen LogP contribution in [0.15, 0.2) is 48.5 Å². The Balaban J connectivity index is 1.39. The molecule has 1 amide bonds. The Morgan fingerprint density at radius 2 is 1.70 bits per heavy atom. The second-order valence-electron chi connectivity index (χ2n) is 8.22. The highest BCUT2D eigenvalue weighted by Crippen LogP contribution is 2.41. The molecule has 0 radical (unpaired) electrons. The van der Waals surface area contributed by atoms with Crippen LogP contribution in [-0.4, -0.2) is 37.5 Å². The van der Waals surface area contributed by atoms with E-state index in [1.54, 1.807) is 0 Å². The number of carbonyl (C=O) groups excluding carboxylic acids is 1. The summed E-state index contributed by atoms with van der Waals surface area (Å²) in [5, 5.41) is 3.56. The Bertz CT molecular complexity index is 1010. The van der Waals surface area contributed by atoms with Gasteiger partial charge in [0.25, 0.3) is 0 Å². The predicted octanol–water partition coefficient (Wildman–Crippen LogP) is 3.66. The highest BCUT2D eigenvalue weighted by molar-refractivity contribution is 7.89. The first-order valence-electron chi connectivity index (χ1n) is 10.5. The summed E-state index contributed by atoms with van der Waals surface area (Å²) < 4.78 is 27.2. The van der Waals surface area contributed by atoms with E-state index in [9.17, 15) is 13.2 Å². The Morgan fingerprint density at radius 1 is 1.03 bits per heavy atom. The van der Waals surface area contributed by atoms with Crippen LogP contribution in [0.5, 0.6) is 0 Å². The molecular formula is C23H27ClN2O3S. The molecule has 0 atom stereocenters. The quantitative estimate of drug-likeness (QED) is 0.736. The van der Waals surface area contributed by atoms with Crippen LogP contribution in [0.4, 0.5) is 0 Å². The number of hydrogen-bond donors (Lipinski definition) is 1. The zero-order valence-corrected chi connectivity index (χ0v) is 18.5. The molecule has 1 saturated carbocycles. The molecule has 1 aliphatic heterocycles. The second-order valence-corrected chi connectivity index (χ2v) is 10.7. The van der Waals surface area contributed by atoms with Crippen LogP contribution in [0.1, 0.15) is 42.4 Å². The topological polar surface area (TPSA) is 66.5 Å². The van der Waals surface area contributed by atoms with E-state index in [4.69, 9.17) is 11.6 Å². The highest BCUT2D eigenvalue weighted by Gasteiger charge is 2.42. The number of carbonyl (C=O) groups is 1. The molecule has 2 aromatic carbocycles. The minimum atomic E-state index is -3.43. The van der Waals surface area contributed by atoms with Crippen molar-refractivity contribution >= 4 is 27.5 Å². The fourth-order valence-electron chi connectivity index (χ4n) is 4.69. The predicted molar refractivity (Wildman–Crippen MR) is 119 cm³/mol. The number of rotatable bonds is 6. The van der Waals surface area contributed by atoms with Gasteiger partial charge in [-0.2, -0.15) is 4.31 Å². The van der Waals surface area contributed by atoms with E-state index in [-0.39, 0.29) is 18.2 Å². The average molecular weight is 447 g/mol. The van der Waals surface area contributed by atoms with Gasteiger partial charge in [0.05, 0.1) is 11.2 Å². The lowest BCUT2D eigenvalue weighted by Gasteiger charge is -2.30. The molecule has 4 rings (SSSR count). The van der Waals surface area contributed by atoms with E-state index in [0.717, 1.165) is 43.2 Å². The summed E-state index contributed by atoms with van der Waals surface area (Å²) in [5.74, 6) is -0.168. The van der Waals surface area contributed by atoms with Crippen LogP contribution < -0.4 is 5.32 Å². The molecule has 1 fully saturated rings. The molecule has 0 unspecified atom stereocenters. The molecule has 160 valence electrons. The number of nitrogens with zero attached hydrogens (tertiary/aromatic N) is 1. The summed E-state index contributed by atoms with van der Waals surface area (Å²) in [5.41, 5.74) is 2.64. The van der Waals surface area contributed by atoms with E-state index in [1.165, 1.54) is 9.87 Å². The van der Waals surface area contributed by atoms with Crippen LogP contribution in [0.2, 0.25) is 5.02 Å². The molecule has 1 heterocycles. The number of sulfonamides is 1. The number of amides is 1. The molecule has 30 heavy (non-hydrogen) atoms. The van der Waals surface area contributed by atoms with Crippen LogP contribution in [0.3, 0.4) is 0 Å². The third kappa shape index (κ3) is 4.27. The van der Waals surface area contributed by atoms with Crippen molar-refractivity contribution in [2.24, 2.45) is 0 Å². The van der Waals surface area contributed by atoms with Crippen LogP contribution in [-0.2, 0) is 33.2 Å². The van der Waals surface area contributed by atoms with Gasteiger partial charge in [-0.1, -0.05) is 60.8 Å². The molecule has 2 aromatic rings. The largest absolute Gasteiger partial charge is 0.354 e. The zero-order chi connectivity index (χ0) is 21.2. The van der Waals surface area contributed by atoms with Crippen LogP contribution >= 0.6 is 11.6 Å². The van der Waals surface area contributed by atoms with Crippen molar-refractivity contribution in [1.82, 2.24) is 9.62 Å². The van der Waals surface area contributed by atoms with Gasteiger partial charge in [-0.25, -0.2) is 8.42 Å². The van der Waals surface area contributed by atoms with E-state index in [1.807, 2.05) is 42.5 Å². The maximum Gasteiger partial charge on any atom is 0.230 e. The monoisotopic (exact) mass is 446 g/mol. The first-order valence-corrected chi connectivity index (χ1v) is 12.5. The third-order valence-corrected chi connectivity index (χ3v) is 8.49. The van der Waals surface area contributed by atoms with Crippen molar-refractivity contribution in [1.29, 1.82) is 0 Å². The molecule has 2 aliphatic rings. The number of fused-ring (bicyclic) bond motifs is 1. The first-order chi connectivity index (χ1) is 14.4. The molecular weight excluding hydrogens is 420 g/mol. The lowest BCUT2D eigenvalue weighted by atomic mass is 9.78. The van der Waals surface area contributed by atoms with Gasteiger partial charge in [-0.05, 0) is 48.1 Å². The van der Waals surface area contributed by atoms with Gasteiger partial charge < -0.3 is 5.32 Å². The number of nitrogens with one attached hydrogen (secondary N) is 1. The minimum absolute atomic E-state index is 0.0819. The lowest BCUT2D eigenvalue weighted by Crippen LogP contribution is -2.45. The number of benzene rings is 2. The van der Waals surface area contributed by atoms with E-state index >= 15 is 0 Å². The Labute approximate surface area is 183 Å². The molecule has 0 bridgehead atoms. The van der Waals surface area contributed by atoms with Gasteiger partial charge in [-0.3, -0.25) is 4.79 Å². The van der Waals surface area contributed by atoms with Gasteiger partial charge in [0.1, 0.15) is 0 Å². The van der Waals surface area contributed by atoms with Gasteiger partial charge >= 0.3 is 0 Å². The van der Waals surface area contributed by atoms with Crippen molar-refractivity contribution in [3.63, 3.8) is 0 Å². The second kappa shape index (κ2) is 8.69. The van der Waals surface area contributed by atoms with Crippen LogP contribution in [0, 0.1) is 0 Å². The molecule has 5 nitrogen and oxygen atoms in total. The van der Waals surface area contributed by atoms with Crippen molar-refractivity contribution < 1.29 is 13.2 Å². The SMILES string of the molecule is O=C(NCCS(=O)(=O)N1CCc2ccccc2C1)C1(c2ccc(Cl)cc2)CCCC1. The molecule has 1 aliphatic carbocycles. The smallest absolute Gasteiger partial charge is 0.230 e. The van der Waals surface area contributed by atoms with E-state index in [2.05, 4.69) is 11.4 Å². The molecule has 7 heteroatoms. The van der Waals surface area contributed by atoms with Gasteiger partial charge in [-0.15, -0.1) is 0 Å². The molecule has 0 aromatic heterocycles. The molecule has 1 N–H and O–H groups in total. The first kappa shape index (κ1) is 21.3. The fraction of sp³-hybridized carbons (Fsp3) is 0.435. The van der Waals surface area contributed by atoms with Crippen molar-refractivity contribution in [2.75, 3.05) is 18.8 Å². The maximum absolute atomic E-state index is 13.1. The third-order valence-electron chi connectivity index (χ3n) is 6.42. The summed E-state index contributed by atoms with van der Waals surface area (Å²) >= 11 is 6.01. The minimum Gasteiger partial charge on any atom is -0.354 e. The van der Waals surface area contributed by atoms with Crippen molar-refractivity contribution in [3.8, 4) is 0 Å². The number of hydrogen-bond acceptors (Lipinski definition) is 3. The van der Waals surface area contributed by atoms with E-state index < -0.39 is 15.4 Å². The van der Waals surface area contributed by atoms with Crippen molar-refractivity contribution in [3.05, 3.63) is 70.2 Å². The standard InChI is InChI=1S/C23H27ClN2O3S/c24-21-9-7-20(8-10-21)23(12-3-4-13-23)22(27)25-14-16-30(28,29)26-15-11-18-5-1-2-6-19(18)17-26/h1-2,5-10H,3-4,11-17H2,(H,25,27). The fourth-order valence-corrected chi connectivity index (χ4v) is 6.14. The van der Waals surface area contributed by atoms with Gasteiger partial charge in [0, 0.05) is 24.7 Å². The lowest BCUT2D eigenvalue weighted by molar-refractivity contribution is -0.126. The Hall–Kier alpha value is -1.89. The van der Waals surface area contributed by atoms with Crippen molar-refractivity contribution in [2.45, 2.75) is 44.1 Å². The molecule has 0 saturated heterocycles. The van der Waals surface area contributed by atoms with Gasteiger partial charge in [0.2, 0.25) is 15.9 Å². The Morgan fingerprint density at radius 3 is 2.40 bits per heavy atom. The maximum atomic E-state index is 13.1. The summed E-state index contributed by atoms with van der Waals surface area (Å²) in [4.78, 5) is 13.1. The highest BCUT2D eigenvalue weighted by atomic mass is 35.5. The molecule has 0 spiro atoms. The summed E-state index contributed by atoms with van der Waals surface area (Å²) in [6.45, 7) is 1.01. The zero-order valence-electron chi connectivity index (χ0n) is 16.9. The average Bonchev–Trinajstić information content (AvgIpc) is 3.25.